The van der Waals surface area contributed by atoms with Gasteiger partial charge in [-0.1, -0.05) is 27.7 Å². The van der Waals surface area contributed by atoms with E-state index in [1.165, 1.54) is 34.6 Å². The fourth-order valence-corrected chi connectivity index (χ4v) is 9.62. The summed E-state index contributed by atoms with van der Waals surface area (Å²) in [5, 5.41) is 62.6. The quantitative estimate of drug-likeness (QED) is 0.0134. The van der Waals surface area contributed by atoms with E-state index < -0.39 is 187 Å². The Balaban J connectivity index is -0.000000218. The van der Waals surface area contributed by atoms with Crippen molar-refractivity contribution in [1.82, 2.24) is 0 Å². The van der Waals surface area contributed by atoms with Gasteiger partial charge < -0.3 is 111 Å². The molecule has 0 saturated carbocycles. The van der Waals surface area contributed by atoms with Crippen molar-refractivity contribution >= 4 is 81.0 Å². The van der Waals surface area contributed by atoms with Crippen LogP contribution in [-0.2, 0) is 90.6 Å². The predicted octanol–water partition coefficient (Wildman–Crippen LogP) is -4.52. The van der Waals surface area contributed by atoms with Crippen LogP contribution < -0.4 is 70.0 Å². The second-order valence-corrected chi connectivity index (χ2v) is 19.7. The normalized spacial score (nSPS) is 29.4. The number of nitrogens with zero attached hydrogens (tertiary/aromatic N) is 1. The molecule has 3 aliphatic rings. The molecule has 3 aliphatic heterocycles. The van der Waals surface area contributed by atoms with Gasteiger partial charge in [-0.05, 0) is 58.9 Å². The molecule has 0 aromatic heterocycles. The maximum absolute atomic E-state index is 15.3. The minimum atomic E-state index is -3.70. The summed E-state index contributed by atoms with van der Waals surface area (Å²) in [6, 6.07) is -1.67. The fraction of sp³-hybridized carbons (Fsp3) is 0.759. The van der Waals surface area contributed by atoms with E-state index in [1.54, 1.807) is 13.8 Å². The Morgan fingerprint density at radius 2 is 0.857 bits per heavy atom. The number of esters is 6. The van der Waals surface area contributed by atoms with E-state index >= 15 is 8.78 Å². The van der Waals surface area contributed by atoms with E-state index in [0.29, 0.717) is 0 Å². The number of carboxylic acid groups (broad SMARTS) is 1. The number of carboxylic acids is 1. The summed E-state index contributed by atoms with van der Waals surface area (Å²) in [5.74, 6) is -26.0. The van der Waals surface area contributed by atoms with Gasteiger partial charge in [0.2, 0.25) is 0 Å². The minimum absolute atomic E-state index is 0. The zero-order valence-electron chi connectivity index (χ0n) is 53.9. The molecule has 28 nitrogen and oxygen atoms in total. The first kappa shape index (κ1) is 100. The van der Waals surface area contributed by atoms with Crippen LogP contribution in [0.1, 0.15) is 108 Å². The van der Waals surface area contributed by atoms with Gasteiger partial charge in [0, 0.05) is 79.2 Å². The molecule has 3 fully saturated rings. The van der Waals surface area contributed by atoms with Crippen LogP contribution in [0.2, 0.25) is 0 Å². The SMILES string of the molecule is C=N.C=N.CC(=O)C[C@H]1C([C@H](O)[C@H](O)CO)O[C@@](F)(C(=O)O)C(F)[C@H]1C.CC[C@@H](OC(C)=O)[C@@H](OC(C)=O)C1O[C@@](F)(C(=O)OC)C(F)[C@@H](C)[C@H]1CC(C)=O.CC[C@@H](OC(C)=O)[C@@H](OC(C)=O)C1O[C@@](F)(C(=O)OC)C(F)[C@@H](N)[C@H]1CC(C)=O.C[O-].[B].[C-]#N.[Na+].[Na+]. The van der Waals surface area contributed by atoms with Crippen LogP contribution in [0.15, 0.2) is 0 Å². The topological polar surface area (TPSA) is 455 Å². The fourth-order valence-electron chi connectivity index (χ4n) is 9.62. The molecule has 0 aromatic carbocycles. The van der Waals surface area contributed by atoms with E-state index in [9.17, 15) is 75.7 Å². The number of aliphatic hydroxyl groups excluding tert-OH is 3. The average molecular weight is 1340 g/mol. The summed E-state index contributed by atoms with van der Waals surface area (Å²) < 4.78 is 133. The van der Waals surface area contributed by atoms with E-state index in [1.807, 2.05) is 0 Å². The Morgan fingerprint density at radius 3 is 1.13 bits per heavy atom. The maximum atomic E-state index is 15.3. The standard InChI is InChI=1S/C19H28F2O8.C18H27F2NO8.C13H20F2O7.2CH3N.CN.CH3O.B.2Na/c1-7-14(27-11(4)23)16(28-12(5)24)15-13(8-9(2)22)10(3)17(20)19(21,29-15)18(25)26-6;1-6-12(27-9(3)23)15(28-10(4)24)14-11(7-8(2)22)13(21)16(19)18(20,29-14)17(25)26-5;1-5(17)3-7-6(2)11(14)13(15,12(20)21)22-10(7)9(19)8(18)4-16;4*1-2;;;/h10,13-17H,7-8H2,1-6H3;11-16H,6-7,21H2,1-5H3;6-11,16,18-19H,3-4H2,1-2H3,(H,20,21);2*2H,1H2;;1H3;;;/q;;;;;2*-1;;2*+1/t10-,13+,14+,15?,16+,17?,19+;11-,12-,13+,14?,15-,16?,18-;6-,7+,8+,9+,10?,11?,13+;;;;;;;/m010......./s1. The number of rotatable bonds is 22. The molecule has 0 bridgehead atoms. The summed E-state index contributed by atoms with van der Waals surface area (Å²) in [6.07, 6.45) is -21.6. The minimum Gasteiger partial charge on any atom is -0.857 e. The number of carbonyl (C=O) groups is 10. The second kappa shape index (κ2) is 48.2. The first-order valence-corrected chi connectivity index (χ1v) is 26.5. The number of methoxy groups -OCH3 is 2. The van der Waals surface area contributed by atoms with E-state index in [4.69, 9.17) is 72.1 Å². The Labute approximate surface area is 570 Å². The monoisotopic (exact) mass is 1340 g/mol. The van der Waals surface area contributed by atoms with Gasteiger partial charge in [-0.2, -0.15) is 20.3 Å². The van der Waals surface area contributed by atoms with Crippen molar-refractivity contribution in [1.29, 1.82) is 16.1 Å². The molecule has 21 atom stereocenters. The van der Waals surface area contributed by atoms with E-state index in [0.717, 1.165) is 49.0 Å². The molecule has 0 spiro atoms. The van der Waals surface area contributed by atoms with Crippen LogP contribution >= 0.6 is 0 Å². The molecule has 37 heteroatoms. The first-order chi connectivity index (χ1) is 40.8. The molecule has 0 aromatic rings. The molecule has 6 unspecified atom stereocenters. The number of hydrogen-bond acceptors (Lipinski definition) is 27. The molecule has 0 amide bonds. The molecular weight excluding hydrogens is 1260 g/mol. The van der Waals surface area contributed by atoms with E-state index in [-0.39, 0.29) is 105 Å². The van der Waals surface area contributed by atoms with E-state index in [2.05, 4.69) is 27.6 Å². The van der Waals surface area contributed by atoms with Crippen LogP contribution in [0.3, 0.4) is 0 Å². The Morgan fingerprint density at radius 1 is 0.582 bits per heavy atom. The summed E-state index contributed by atoms with van der Waals surface area (Å²) >= 11 is 0. The maximum Gasteiger partial charge on any atom is 1.00 e. The number of ketones is 3. The van der Waals surface area contributed by atoms with Crippen LogP contribution in [-0.4, -0.2) is 226 Å². The number of hydrogen-bond donors (Lipinski definition) is 7. The number of halogens is 6. The molecule has 3 rings (SSSR count). The van der Waals surface area contributed by atoms with Crippen LogP contribution in [0.4, 0.5) is 26.3 Å². The zero-order valence-corrected chi connectivity index (χ0v) is 57.9. The van der Waals surface area contributed by atoms with Crippen molar-refractivity contribution < 1.29 is 202 Å². The number of ether oxygens (including phenoxy) is 9. The number of aliphatic hydroxyl groups is 3. The van der Waals surface area contributed by atoms with Crippen molar-refractivity contribution in [2.45, 2.75) is 205 Å². The third kappa shape index (κ3) is 28.5. The zero-order chi connectivity index (χ0) is 70.3. The number of nitrogens with two attached hydrogens (primary N) is 1. The van der Waals surface area contributed by atoms with Gasteiger partial charge >= 0.3 is 118 Å². The molecular formula is C54H84BF6N4Na2O24. The van der Waals surface area contributed by atoms with Crippen molar-refractivity contribution in [3.8, 4) is 0 Å². The van der Waals surface area contributed by atoms with Crippen molar-refractivity contribution in [2.75, 3.05) is 27.9 Å². The van der Waals surface area contributed by atoms with Crippen molar-refractivity contribution in [2.24, 2.45) is 35.3 Å². The largest absolute Gasteiger partial charge is 1.00 e. The molecule has 8 N–H and O–H groups in total. The Kier molecular flexibility index (Phi) is 53.0. The van der Waals surface area contributed by atoms with Crippen LogP contribution in [0.25, 0.3) is 0 Å². The molecule has 91 heavy (non-hydrogen) atoms. The van der Waals surface area contributed by atoms with Gasteiger partial charge in [-0.25, -0.2) is 27.6 Å². The Hall–Kier alpha value is -4.55. The number of nitrogens with one attached hydrogen (secondary N) is 2. The molecule has 3 heterocycles. The van der Waals surface area contributed by atoms with Crippen LogP contribution in [0, 0.1) is 52.2 Å². The van der Waals surface area contributed by atoms with Gasteiger partial charge in [0.15, 0.2) is 30.7 Å². The summed E-state index contributed by atoms with van der Waals surface area (Å²) in [7, 11) is 2.46. The number of carbonyl (C=O) groups excluding carboxylic acids is 9. The van der Waals surface area contributed by atoms with Gasteiger partial charge in [0.25, 0.3) is 0 Å². The van der Waals surface area contributed by atoms with Gasteiger partial charge in [-0.3, -0.25) is 19.2 Å². The summed E-state index contributed by atoms with van der Waals surface area (Å²) in [6.45, 7) is 22.6. The third-order valence-corrected chi connectivity index (χ3v) is 13.5. The number of alkyl halides is 6. The van der Waals surface area contributed by atoms with Crippen molar-refractivity contribution in [3.63, 3.8) is 0 Å². The smallest absolute Gasteiger partial charge is 0.857 e. The molecule has 0 aliphatic carbocycles. The van der Waals surface area contributed by atoms with Crippen molar-refractivity contribution in [3.05, 3.63) is 6.57 Å². The summed E-state index contributed by atoms with van der Waals surface area (Å²) in [4.78, 5) is 116. The van der Waals surface area contributed by atoms with Gasteiger partial charge in [-0.15, -0.1) is 0 Å². The number of aliphatic carboxylic acids is 1. The average Bonchev–Trinajstić information content (AvgIpc) is 0.794. The molecule has 3 radical (unpaired) electrons. The van der Waals surface area contributed by atoms with Gasteiger partial charge in [0.05, 0.1) is 26.9 Å². The van der Waals surface area contributed by atoms with Crippen LogP contribution in [0.5, 0.6) is 0 Å². The number of Topliss-reactive ketones (excluding diaryl/α,β-unsaturated/α-hetero) is 3. The molecule has 511 valence electrons. The van der Waals surface area contributed by atoms with Gasteiger partial charge in [0.1, 0.15) is 54.0 Å². The summed E-state index contributed by atoms with van der Waals surface area (Å²) in [5.41, 5.74) is 5.84. The predicted molar refractivity (Wildman–Crippen MR) is 293 cm³/mol. The second-order valence-electron chi connectivity index (χ2n) is 19.7. The Bertz CT molecular complexity index is 2190. The third-order valence-electron chi connectivity index (χ3n) is 13.5. The molecule has 3 saturated heterocycles. The first-order valence-electron chi connectivity index (χ1n) is 26.5.